The molecule has 43 heavy (non-hydrogen) atoms. The molecule has 0 bridgehead atoms. The average molecular weight is 600 g/mol. The number of carbonyl (C=O) groups excluding carboxylic acids is 2. The lowest BCUT2D eigenvalue weighted by atomic mass is 10.1. The van der Waals surface area contributed by atoms with E-state index in [4.69, 9.17) is 4.74 Å². The maximum atomic E-state index is 14.0. The third-order valence-electron chi connectivity index (χ3n) is 7.11. The van der Waals surface area contributed by atoms with Crippen LogP contribution in [0.3, 0.4) is 0 Å². The number of rotatable bonds is 12. The Hall–Kier alpha value is -4.63. The molecule has 2 amide bonds. The summed E-state index contributed by atoms with van der Waals surface area (Å²) in [5, 5.41) is 2.77. The lowest BCUT2D eigenvalue weighted by Gasteiger charge is -2.32. The maximum Gasteiger partial charge on any atom is 0.264 e. The number of nitrogens with one attached hydrogen (secondary N) is 1. The topological polar surface area (TPSA) is 96.0 Å². The van der Waals surface area contributed by atoms with Gasteiger partial charge in [-0.1, -0.05) is 60.2 Å². The molecule has 0 saturated carbocycles. The normalized spacial score (nSPS) is 11.8. The summed E-state index contributed by atoms with van der Waals surface area (Å²) in [4.78, 5) is 28.4. The zero-order valence-electron chi connectivity index (χ0n) is 24.9. The van der Waals surface area contributed by atoms with Gasteiger partial charge < -0.3 is 15.0 Å². The zero-order chi connectivity index (χ0) is 31.0. The van der Waals surface area contributed by atoms with Gasteiger partial charge in [0.1, 0.15) is 24.1 Å². The second-order valence-corrected chi connectivity index (χ2v) is 12.1. The summed E-state index contributed by atoms with van der Waals surface area (Å²) in [6.45, 7) is 7.30. The number of carbonyl (C=O) groups is 2. The first-order valence-electron chi connectivity index (χ1n) is 14.1. The second-order valence-electron chi connectivity index (χ2n) is 10.3. The Morgan fingerprint density at radius 2 is 1.42 bits per heavy atom. The van der Waals surface area contributed by atoms with Crippen molar-refractivity contribution in [2.24, 2.45) is 0 Å². The molecule has 0 radical (unpaired) electrons. The summed E-state index contributed by atoms with van der Waals surface area (Å²) < 4.78 is 35.1. The lowest BCUT2D eigenvalue weighted by molar-refractivity contribution is -0.139. The monoisotopic (exact) mass is 599 g/mol. The Balaban J connectivity index is 1.71. The van der Waals surface area contributed by atoms with Crippen molar-refractivity contribution in [3.05, 3.63) is 120 Å². The minimum atomic E-state index is -4.16. The molecule has 1 N–H and O–H groups in total. The molecular weight excluding hydrogens is 562 g/mol. The molecule has 0 fully saturated rings. The van der Waals surface area contributed by atoms with Crippen molar-refractivity contribution < 1.29 is 22.7 Å². The summed E-state index contributed by atoms with van der Waals surface area (Å²) in [6, 6.07) is 29.0. The molecule has 0 aromatic heterocycles. The van der Waals surface area contributed by atoms with Crippen molar-refractivity contribution in [2.45, 2.75) is 45.2 Å². The minimum absolute atomic E-state index is 0.0535. The summed E-state index contributed by atoms with van der Waals surface area (Å²) in [7, 11) is -4.16. The highest BCUT2D eigenvalue weighted by molar-refractivity contribution is 7.92. The first kappa shape index (κ1) is 31.3. The molecule has 0 aliphatic heterocycles. The molecule has 4 aromatic carbocycles. The summed E-state index contributed by atoms with van der Waals surface area (Å²) in [6.07, 6.45) is 0. The SMILES string of the molecule is CCNC(=O)C(C)N(Cc1ccccc1C)C(=O)CN(c1ccc(Oc2ccccc2)cc1)S(=O)(=O)c1ccc(C)cc1. The van der Waals surface area contributed by atoms with Crippen LogP contribution in [-0.4, -0.2) is 44.3 Å². The number of aryl methyl sites for hydroxylation is 2. The average Bonchev–Trinajstić information content (AvgIpc) is 3.00. The van der Waals surface area contributed by atoms with Crippen LogP contribution in [0.15, 0.2) is 108 Å². The van der Waals surface area contributed by atoms with E-state index in [9.17, 15) is 18.0 Å². The molecule has 1 atom stereocenters. The first-order valence-corrected chi connectivity index (χ1v) is 15.6. The Kier molecular flexibility index (Phi) is 10.2. The standard InChI is InChI=1S/C34H37N3O5S/c1-5-35-34(39)27(4)36(23-28-12-10-9-11-26(28)3)33(38)24-37(43(40,41)32-21-15-25(2)16-22-32)29-17-19-31(20-18-29)42-30-13-7-6-8-14-30/h6-22,27H,5,23-24H2,1-4H3,(H,35,39). The lowest BCUT2D eigenvalue weighted by Crippen LogP contribution is -2.51. The van der Waals surface area contributed by atoms with Crippen molar-refractivity contribution in [3.8, 4) is 11.5 Å². The molecule has 8 nitrogen and oxygen atoms in total. The Bertz CT molecular complexity index is 1640. The number of hydrogen-bond acceptors (Lipinski definition) is 5. The van der Waals surface area contributed by atoms with Crippen LogP contribution < -0.4 is 14.4 Å². The van der Waals surface area contributed by atoms with Gasteiger partial charge in [0.15, 0.2) is 0 Å². The van der Waals surface area contributed by atoms with Gasteiger partial charge in [-0.25, -0.2) is 8.42 Å². The highest BCUT2D eigenvalue weighted by Crippen LogP contribution is 2.29. The largest absolute Gasteiger partial charge is 0.457 e. The Morgan fingerprint density at radius 1 is 0.814 bits per heavy atom. The maximum absolute atomic E-state index is 14.0. The van der Waals surface area contributed by atoms with E-state index in [-0.39, 0.29) is 23.0 Å². The highest BCUT2D eigenvalue weighted by atomic mass is 32.2. The number of nitrogens with zero attached hydrogens (tertiary/aromatic N) is 2. The summed E-state index contributed by atoms with van der Waals surface area (Å²) in [5.74, 6) is 0.322. The second kappa shape index (κ2) is 14.0. The van der Waals surface area contributed by atoms with Gasteiger partial charge in [-0.05, 0) is 87.4 Å². The zero-order valence-corrected chi connectivity index (χ0v) is 25.7. The molecular formula is C34H37N3O5S. The van der Waals surface area contributed by atoms with Crippen LogP contribution >= 0.6 is 0 Å². The number of benzene rings is 4. The number of para-hydroxylation sites is 1. The third kappa shape index (κ3) is 7.81. The van der Waals surface area contributed by atoms with Crippen molar-refractivity contribution in [1.29, 1.82) is 0 Å². The van der Waals surface area contributed by atoms with Gasteiger partial charge in [0.2, 0.25) is 11.8 Å². The van der Waals surface area contributed by atoms with Crippen molar-refractivity contribution in [1.82, 2.24) is 10.2 Å². The number of amides is 2. The van der Waals surface area contributed by atoms with Crippen molar-refractivity contribution >= 4 is 27.5 Å². The predicted octanol–water partition coefficient (Wildman–Crippen LogP) is 5.84. The smallest absolute Gasteiger partial charge is 0.264 e. The molecule has 224 valence electrons. The van der Waals surface area contributed by atoms with Gasteiger partial charge in [-0.2, -0.15) is 0 Å². The quantitative estimate of drug-likeness (QED) is 0.221. The fraction of sp³-hybridized carbons (Fsp3) is 0.235. The molecule has 0 aliphatic carbocycles. The fourth-order valence-corrected chi connectivity index (χ4v) is 5.96. The van der Waals surface area contributed by atoms with Crippen molar-refractivity contribution in [2.75, 3.05) is 17.4 Å². The van der Waals surface area contributed by atoms with Crippen LogP contribution in [0.1, 0.15) is 30.5 Å². The van der Waals surface area contributed by atoms with E-state index in [2.05, 4.69) is 5.32 Å². The van der Waals surface area contributed by atoms with Crippen LogP contribution in [0.25, 0.3) is 0 Å². The summed E-state index contributed by atoms with van der Waals surface area (Å²) in [5.41, 5.74) is 3.02. The molecule has 1 unspecified atom stereocenters. The molecule has 4 aromatic rings. The Morgan fingerprint density at radius 3 is 2.05 bits per heavy atom. The molecule has 0 spiro atoms. The van der Waals surface area contributed by atoms with Gasteiger partial charge >= 0.3 is 0 Å². The number of ether oxygens (including phenoxy) is 1. The number of likely N-dealkylation sites (N-methyl/N-ethyl adjacent to an activating group) is 1. The fourth-order valence-electron chi connectivity index (χ4n) is 4.55. The van der Waals surface area contributed by atoms with Gasteiger partial charge in [0.05, 0.1) is 10.6 Å². The minimum Gasteiger partial charge on any atom is -0.457 e. The van der Waals surface area contributed by atoms with Gasteiger partial charge in [-0.15, -0.1) is 0 Å². The van der Waals surface area contributed by atoms with E-state index in [1.807, 2.05) is 68.4 Å². The van der Waals surface area contributed by atoms with Crippen molar-refractivity contribution in [3.63, 3.8) is 0 Å². The van der Waals surface area contributed by atoms with E-state index in [1.165, 1.54) is 17.0 Å². The van der Waals surface area contributed by atoms with Gasteiger partial charge in [-0.3, -0.25) is 13.9 Å². The molecule has 9 heteroatoms. The predicted molar refractivity (Wildman–Crippen MR) is 169 cm³/mol. The van der Waals surface area contributed by atoms with Crippen LogP contribution in [-0.2, 0) is 26.2 Å². The van der Waals surface area contributed by atoms with E-state index in [1.54, 1.807) is 50.2 Å². The van der Waals surface area contributed by atoms with Crippen LogP contribution in [0.4, 0.5) is 5.69 Å². The number of anilines is 1. The summed E-state index contributed by atoms with van der Waals surface area (Å²) >= 11 is 0. The van der Waals surface area contributed by atoms with E-state index in [0.717, 1.165) is 21.0 Å². The van der Waals surface area contributed by atoms with E-state index in [0.29, 0.717) is 18.0 Å². The van der Waals surface area contributed by atoms with E-state index >= 15 is 0 Å². The van der Waals surface area contributed by atoms with Gasteiger partial charge in [0, 0.05) is 13.1 Å². The van der Waals surface area contributed by atoms with Gasteiger partial charge in [0.25, 0.3) is 10.0 Å². The molecule has 0 aliphatic rings. The molecule has 0 saturated heterocycles. The Labute approximate surface area is 254 Å². The third-order valence-corrected chi connectivity index (χ3v) is 8.90. The highest BCUT2D eigenvalue weighted by Gasteiger charge is 2.32. The number of hydrogen-bond donors (Lipinski definition) is 1. The van der Waals surface area contributed by atoms with Crippen LogP contribution in [0, 0.1) is 13.8 Å². The van der Waals surface area contributed by atoms with E-state index < -0.39 is 28.5 Å². The van der Waals surface area contributed by atoms with Crippen LogP contribution in [0.2, 0.25) is 0 Å². The van der Waals surface area contributed by atoms with Crippen LogP contribution in [0.5, 0.6) is 11.5 Å². The molecule has 4 rings (SSSR count). The first-order chi connectivity index (χ1) is 20.6. The number of sulfonamides is 1. The molecule has 0 heterocycles.